The van der Waals surface area contributed by atoms with E-state index in [-0.39, 0.29) is 0 Å². The molecule has 0 saturated heterocycles. The molecule has 0 aliphatic carbocycles. The third kappa shape index (κ3) is 7.84. The van der Waals surface area contributed by atoms with Gasteiger partial charge in [0.05, 0.1) is 18.8 Å². The van der Waals surface area contributed by atoms with Crippen LogP contribution in [0.4, 0.5) is 5.82 Å². The molecule has 0 aliphatic heterocycles. The van der Waals surface area contributed by atoms with Gasteiger partial charge in [-0.15, -0.1) is 0 Å². The van der Waals surface area contributed by atoms with Crippen molar-refractivity contribution in [3.05, 3.63) is 64.3 Å². The van der Waals surface area contributed by atoms with E-state index in [2.05, 4.69) is 45.4 Å². The molecule has 31 heavy (non-hydrogen) atoms. The molecule has 168 valence electrons. The number of rotatable bonds is 10. The number of H-pyrrole nitrogens is 1. The Morgan fingerprint density at radius 3 is 2.58 bits per heavy atom. The van der Waals surface area contributed by atoms with Crippen LogP contribution in [0.3, 0.4) is 0 Å². The smallest absolute Gasteiger partial charge is 0.148 e. The summed E-state index contributed by atoms with van der Waals surface area (Å²) in [5.41, 5.74) is 4.59. The molecule has 1 aromatic carbocycles. The molecule has 0 saturated carbocycles. The first-order valence-corrected chi connectivity index (χ1v) is 10.9. The maximum Gasteiger partial charge on any atom is 0.148 e. The second-order valence-electron chi connectivity index (χ2n) is 6.80. The predicted molar refractivity (Wildman–Crippen MR) is 125 cm³/mol. The van der Waals surface area contributed by atoms with E-state index in [0.29, 0.717) is 24.0 Å². The Labute approximate surface area is 189 Å². The Balaban J connectivity index is 0.000000597. The van der Waals surface area contributed by atoms with Crippen molar-refractivity contribution < 1.29 is 9.47 Å². The molecule has 0 bridgehead atoms. The molecule has 0 amide bonds. The minimum atomic E-state index is 0.528. The molecule has 0 aliphatic rings. The van der Waals surface area contributed by atoms with Gasteiger partial charge in [0.25, 0.3) is 0 Å². The van der Waals surface area contributed by atoms with Gasteiger partial charge in [0.2, 0.25) is 0 Å². The molecule has 3 aromatic rings. The number of hydrogen-bond donors (Lipinski definition) is 2. The van der Waals surface area contributed by atoms with E-state index in [1.165, 1.54) is 23.0 Å². The van der Waals surface area contributed by atoms with Crippen molar-refractivity contribution >= 4 is 17.4 Å². The molecule has 0 radical (unpaired) electrons. The van der Waals surface area contributed by atoms with Gasteiger partial charge in [-0.25, -0.2) is 9.97 Å². The number of nitrogens with one attached hydrogen (secondary N) is 2. The second-order valence-corrected chi connectivity index (χ2v) is 7.18. The SMILES string of the molecule is CCOCCc1ccc(OCCNc2ncnc(CC)c2Cl)c(C)c1C.c1cn[nH]c1. The van der Waals surface area contributed by atoms with Crippen LogP contribution in [0, 0.1) is 13.8 Å². The highest BCUT2D eigenvalue weighted by molar-refractivity contribution is 6.33. The van der Waals surface area contributed by atoms with Gasteiger partial charge in [0.1, 0.15) is 29.5 Å². The quantitative estimate of drug-likeness (QED) is 0.436. The fourth-order valence-electron chi connectivity index (χ4n) is 2.93. The van der Waals surface area contributed by atoms with Crippen molar-refractivity contribution in [2.75, 3.05) is 31.7 Å². The van der Waals surface area contributed by atoms with E-state index in [0.717, 1.165) is 37.5 Å². The number of halogens is 1. The number of hydrogen-bond acceptors (Lipinski definition) is 6. The summed E-state index contributed by atoms with van der Waals surface area (Å²) in [4.78, 5) is 8.35. The number of ether oxygens (including phenoxy) is 2. The maximum atomic E-state index is 6.28. The Hall–Kier alpha value is -2.64. The summed E-state index contributed by atoms with van der Waals surface area (Å²) in [6.45, 7) is 10.9. The molecule has 7 nitrogen and oxygen atoms in total. The number of anilines is 1. The standard InChI is InChI=1S/C20H28ClN3O2.C3H4N2/c1-5-17-19(21)20(24-13-23-17)22-10-12-26-18-8-7-16(9-11-25-6-2)14(3)15(18)4;1-2-4-5-3-1/h7-8,13H,5-6,9-12H2,1-4H3,(H,22,23,24);1-3H,(H,4,5). The lowest BCUT2D eigenvalue weighted by atomic mass is 10.0. The summed E-state index contributed by atoms with van der Waals surface area (Å²) in [5.74, 6) is 1.56. The van der Waals surface area contributed by atoms with E-state index < -0.39 is 0 Å². The molecular weight excluding hydrogens is 414 g/mol. The van der Waals surface area contributed by atoms with Crippen molar-refractivity contribution in [3.8, 4) is 5.75 Å². The number of aryl methyl sites for hydroxylation is 1. The molecule has 0 unspecified atom stereocenters. The van der Waals surface area contributed by atoms with E-state index in [1.807, 2.05) is 26.0 Å². The van der Waals surface area contributed by atoms with Crippen molar-refractivity contribution in [2.45, 2.75) is 40.5 Å². The first kappa shape index (κ1) is 24.6. The van der Waals surface area contributed by atoms with Crippen LogP contribution < -0.4 is 10.1 Å². The average Bonchev–Trinajstić information content (AvgIpc) is 3.37. The van der Waals surface area contributed by atoms with Gasteiger partial charge >= 0.3 is 0 Å². The van der Waals surface area contributed by atoms with Crippen LogP contribution in [0.25, 0.3) is 0 Å². The first-order chi connectivity index (χ1) is 15.1. The van der Waals surface area contributed by atoms with E-state index >= 15 is 0 Å². The van der Waals surface area contributed by atoms with Crippen LogP contribution in [0.2, 0.25) is 5.02 Å². The highest BCUT2D eigenvalue weighted by Crippen LogP contribution is 2.25. The third-order valence-corrected chi connectivity index (χ3v) is 5.22. The first-order valence-electron chi connectivity index (χ1n) is 10.5. The predicted octanol–water partition coefficient (Wildman–Crippen LogP) is 4.79. The summed E-state index contributed by atoms with van der Waals surface area (Å²) in [5, 5.41) is 10.0. The van der Waals surface area contributed by atoms with Crippen molar-refractivity contribution in [1.82, 2.24) is 20.2 Å². The zero-order chi connectivity index (χ0) is 22.5. The molecule has 3 rings (SSSR count). The summed E-state index contributed by atoms with van der Waals surface area (Å²) < 4.78 is 11.4. The van der Waals surface area contributed by atoms with E-state index in [4.69, 9.17) is 21.1 Å². The molecule has 2 N–H and O–H groups in total. The molecule has 8 heteroatoms. The van der Waals surface area contributed by atoms with Gasteiger partial charge in [-0.05, 0) is 62.4 Å². The van der Waals surface area contributed by atoms with Gasteiger partial charge < -0.3 is 14.8 Å². The lowest BCUT2D eigenvalue weighted by Crippen LogP contribution is -2.14. The Kier molecular flexibility index (Phi) is 10.8. The molecule has 0 atom stereocenters. The molecule has 0 fully saturated rings. The second kappa shape index (κ2) is 13.6. The Morgan fingerprint density at radius 1 is 1.10 bits per heavy atom. The zero-order valence-electron chi connectivity index (χ0n) is 18.7. The minimum absolute atomic E-state index is 0.528. The largest absolute Gasteiger partial charge is 0.491 e. The lowest BCUT2D eigenvalue weighted by molar-refractivity contribution is 0.151. The zero-order valence-corrected chi connectivity index (χ0v) is 19.5. The van der Waals surface area contributed by atoms with Gasteiger partial charge in [0, 0.05) is 19.0 Å². The van der Waals surface area contributed by atoms with Crippen LogP contribution in [-0.2, 0) is 17.6 Å². The minimum Gasteiger partial charge on any atom is -0.491 e. The number of benzene rings is 1. The fraction of sp³-hybridized carbons (Fsp3) is 0.435. The van der Waals surface area contributed by atoms with Crippen LogP contribution >= 0.6 is 11.6 Å². The molecule has 0 spiro atoms. The highest BCUT2D eigenvalue weighted by Gasteiger charge is 2.09. The summed E-state index contributed by atoms with van der Waals surface area (Å²) in [6, 6.07) is 6.00. The van der Waals surface area contributed by atoms with Crippen LogP contribution in [-0.4, -0.2) is 46.5 Å². The van der Waals surface area contributed by atoms with Gasteiger partial charge in [-0.1, -0.05) is 24.6 Å². The molecular formula is C23H32ClN5O2. The normalized spacial score (nSPS) is 10.4. The Morgan fingerprint density at radius 2 is 1.94 bits per heavy atom. The number of aromatic amines is 1. The highest BCUT2D eigenvalue weighted by atomic mass is 35.5. The topological polar surface area (TPSA) is 84.9 Å². The monoisotopic (exact) mass is 445 g/mol. The van der Waals surface area contributed by atoms with Crippen LogP contribution in [0.5, 0.6) is 5.75 Å². The van der Waals surface area contributed by atoms with Gasteiger partial charge in [-0.2, -0.15) is 5.10 Å². The molecule has 2 heterocycles. The van der Waals surface area contributed by atoms with Gasteiger partial charge in [-0.3, -0.25) is 5.10 Å². The fourth-order valence-corrected chi connectivity index (χ4v) is 3.23. The van der Waals surface area contributed by atoms with E-state index in [1.54, 1.807) is 12.4 Å². The number of aromatic nitrogens is 4. The van der Waals surface area contributed by atoms with Gasteiger partial charge in [0.15, 0.2) is 0 Å². The number of nitrogens with zero attached hydrogens (tertiary/aromatic N) is 3. The van der Waals surface area contributed by atoms with Crippen LogP contribution in [0.15, 0.2) is 36.9 Å². The third-order valence-electron chi connectivity index (χ3n) is 4.82. The molecule has 2 aromatic heterocycles. The van der Waals surface area contributed by atoms with Crippen molar-refractivity contribution in [1.29, 1.82) is 0 Å². The summed E-state index contributed by atoms with van der Waals surface area (Å²) in [7, 11) is 0. The summed E-state index contributed by atoms with van der Waals surface area (Å²) in [6.07, 6.45) is 6.69. The summed E-state index contributed by atoms with van der Waals surface area (Å²) >= 11 is 6.28. The van der Waals surface area contributed by atoms with E-state index in [9.17, 15) is 0 Å². The Bertz CT molecular complexity index is 886. The average molecular weight is 446 g/mol. The maximum absolute atomic E-state index is 6.28. The van der Waals surface area contributed by atoms with Crippen LogP contribution in [0.1, 0.15) is 36.2 Å². The lowest BCUT2D eigenvalue weighted by Gasteiger charge is -2.15. The van der Waals surface area contributed by atoms with Crippen molar-refractivity contribution in [3.63, 3.8) is 0 Å². The van der Waals surface area contributed by atoms with Crippen molar-refractivity contribution in [2.24, 2.45) is 0 Å².